The first-order chi connectivity index (χ1) is 36.0. The Morgan fingerprint density at radius 2 is 1.46 bits per heavy atom. The van der Waals surface area contributed by atoms with Crippen LogP contribution in [0.1, 0.15) is 175 Å². The summed E-state index contributed by atoms with van der Waals surface area (Å²) >= 11 is 0. The van der Waals surface area contributed by atoms with Crippen molar-refractivity contribution < 1.29 is 47.7 Å². The van der Waals surface area contributed by atoms with Crippen LogP contribution in [0.2, 0.25) is 0 Å². The van der Waals surface area contributed by atoms with Crippen LogP contribution >= 0.6 is 0 Å². The van der Waals surface area contributed by atoms with Gasteiger partial charge in [-0.1, -0.05) is 73.0 Å². The maximum Gasteiger partial charge on any atom is 0.325 e. The number of ether oxygens (including phenoxy) is 1. The SMILES string of the molecule is CC(C)CC[C@@H](C)[C@H]1CC[C@H]2[C@@H]3CC=C4C[C@H](OC(=O)CNC(=O)[C@@H]5CCCN5C(=O)[C@H](CC(C)C)NC(=O)[C@H](CCC(N)=O)NC(=O)[C@@H]5CCCN5C(=O)[C@H](C)NC(=O)c5cccc[n+]5C)CC[C@]4(C)[C@H]3CC[C@]12C. The molecule has 0 aromatic carbocycles. The summed E-state index contributed by atoms with van der Waals surface area (Å²) in [6, 6.07) is -0.0612. The van der Waals surface area contributed by atoms with Crippen LogP contribution in [-0.4, -0.2) is 113 Å². The molecule has 2 saturated heterocycles. The number of aromatic nitrogens is 1. The van der Waals surface area contributed by atoms with Gasteiger partial charge in [0.25, 0.3) is 5.69 Å². The molecule has 7 amide bonds. The number of carbonyl (C=O) groups excluding carboxylic acids is 8. The molecule has 0 radical (unpaired) electrons. The van der Waals surface area contributed by atoms with Gasteiger partial charge in [0.1, 0.15) is 49.9 Å². The molecule has 17 heteroatoms. The van der Waals surface area contributed by atoms with Crippen LogP contribution in [-0.2, 0) is 45.3 Å². The summed E-state index contributed by atoms with van der Waals surface area (Å²) in [4.78, 5) is 111. The minimum Gasteiger partial charge on any atom is -0.461 e. The zero-order valence-electron chi connectivity index (χ0n) is 47.1. The Morgan fingerprint density at radius 1 is 0.763 bits per heavy atom. The molecular weight excluding hydrogens is 965 g/mol. The molecule has 13 atom stereocenters. The van der Waals surface area contributed by atoms with Crippen LogP contribution in [0.5, 0.6) is 0 Å². The van der Waals surface area contributed by atoms with Gasteiger partial charge in [0.2, 0.25) is 35.4 Å². The molecule has 3 saturated carbocycles. The molecule has 76 heavy (non-hydrogen) atoms. The van der Waals surface area contributed by atoms with Crippen LogP contribution in [0.3, 0.4) is 0 Å². The smallest absolute Gasteiger partial charge is 0.325 e. The van der Waals surface area contributed by atoms with Crippen LogP contribution < -0.4 is 31.6 Å². The van der Waals surface area contributed by atoms with E-state index in [1.807, 2.05) is 13.8 Å². The Balaban J connectivity index is 0.917. The van der Waals surface area contributed by atoms with Gasteiger partial charge in [0.15, 0.2) is 6.20 Å². The number of primary amides is 1. The number of likely N-dealkylation sites (tertiary alicyclic amines) is 2. The average Bonchev–Trinajstić information content (AvgIpc) is 4.15. The van der Waals surface area contributed by atoms with Gasteiger partial charge in [-0.2, -0.15) is 4.57 Å². The van der Waals surface area contributed by atoms with E-state index in [-0.39, 0.29) is 56.3 Å². The van der Waals surface area contributed by atoms with Crippen LogP contribution in [0, 0.1) is 52.3 Å². The molecule has 4 aliphatic carbocycles. The van der Waals surface area contributed by atoms with E-state index in [0.29, 0.717) is 55.0 Å². The molecule has 1 aromatic rings. The van der Waals surface area contributed by atoms with Crippen molar-refractivity contribution in [2.45, 2.75) is 201 Å². The Bertz CT molecular complexity index is 2360. The zero-order valence-corrected chi connectivity index (χ0v) is 47.1. The van der Waals surface area contributed by atoms with Crippen molar-refractivity contribution in [3.05, 3.63) is 41.7 Å². The van der Waals surface area contributed by atoms with E-state index in [9.17, 15) is 38.4 Å². The number of pyridine rings is 1. The maximum atomic E-state index is 14.4. The second kappa shape index (κ2) is 25.0. The first-order valence-electron chi connectivity index (χ1n) is 28.9. The summed E-state index contributed by atoms with van der Waals surface area (Å²) in [6.07, 6.45) is 16.9. The summed E-state index contributed by atoms with van der Waals surface area (Å²) in [6.45, 7) is 17.8. The fourth-order valence-electron chi connectivity index (χ4n) is 14.9. The van der Waals surface area contributed by atoms with E-state index < -0.39 is 77.5 Å². The van der Waals surface area contributed by atoms with E-state index in [1.54, 1.807) is 42.9 Å². The lowest BCUT2D eigenvalue weighted by Crippen LogP contribution is -2.59. The van der Waals surface area contributed by atoms with Crippen LogP contribution in [0.15, 0.2) is 36.0 Å². The molecular formula is C59H91N8O9+. The summed E-state index contributed by atoms with van der Waals surface area (Å²) in [5.41, 5.74) is 7.79. The highest BCUT2D eigenvalue weighted by Crippen LogP contribution is 2.67. The number of carbonyl (C=O) groups is 8. The summed E-state index contributed by atoms with van der Waals surface area (Å²) in [7, 11) is 1.71. The van der Waals surface area contributed by atoms with E-state index in [2.05, 4.69) is 62.0 Å². The molecule has 2 aliphatic heterocycles. The average molecular weight is 1060 g/mol. The Kier molecular flexibility index (Phi) is 19.2. The topological polar surface area (TPSA) is 230 Å². The number of nitrogens with zero attached hydrogens (tertiary/aromatic N) is 3. The standard InChI is InChI=1S/C59H90N8O9/c1-35(2)17-18-37(5)42-21-22-43-41-20-19-39-33-40(25-27-58(39,7)44(41)26-28-59(42,43)8)76-51(69)34-61-53(71)48-15-12-31-67(48)57(75)46(32-36(3)4)64-52(70)45(23-24-50(60)68)63-55(73)49-16-13-30-66(49)56(74)38(6)62-54(72)47-14-10-11-29-65(47)9/h10-11,14,19,29,35-38,40-46,48-49H,12-13,15-18,20-28,30-34H2,1-9H3,(H5-,60,61,62,63,64,68,70,71,72,73)/p+1/t37-,38+,40-,41+,42-,43+,44+,45+,46+,48+,49+,58+,59-/m1/s1. The highest BCUT2D eigenvalue weighted by atomic mass is 16.5. The van der Waals surface area contributed by atoms with Crippen molar-refractivity contribution in [1.29, 1.82) is 0 Å². The van der Waals surface area contributed by atoms with Gasteiger partial charge in [-0.15, -0.1) is 0 Å². The molecule has 6 aliphatic rings. The van der Waals surface area contributed by atoms with Gasteiger partial charge in [-0.25, -0.2) is 0 Å². The van der Waals surface area contributed by atoms with Crippen molar-refractivity contribution in [1.82, 2.24) is 31.1 Å². The van der Waals surface area contributed by atoms with Gasteiger partial charge in [0.05, 0.1) is 0 Å². The number of rotatable bonds is 21. The molecule has 17 nitrogen and oxygen atoms in total. The number of hydrogen-bond acceptors (Lipinski definition) is 9. The van der Waals surface area contributed by atoms with Gasteiger partial charge in [-0.3, -0.25) is 38.4 Å². The minimum absolute atomic E-state index is 0.0716. The molecule has 0 unspecified atom stereocenters. The summed E-state index contributed by atoms with van der Waals surface area (Å²) in [5.74, 6) is -0.0718. The first-order valence-corrected chi connectivity index (χ1v) is 28.9. The Labute approximate surface area is 451 Å². The number of nitrogens with two attached hydrogens (primary N) is 1. The lowest BCUT2D eigenvalue weighted by atomic mass is 9.47. The summed E-state index contributed by atoms with van der Waals surface area (Å²) < 4.78 is 7.69. The van der Waals surface area contributed by atoms with E-state index in [0.717, 1.165) is 42.9 Å². The zero-order chi connectivity index (χ0) is 55.2. The monoisotopic (exact) mass is 1060 g/mol. The summed E-state index contributed by atoms with van der Waals surface area (Å²) in [5, 5.41) is 11.0. The first kappa shape index (κ1) is 58.3. The molecule has 7 rings (SSSR count). The largest absolute Gasteiger partial charge is 0.461 e. The normalized spacial score (nSPS) is 29.5. The maximum absolute atomic E-state index is 14.4. The Morgan fingerprint density at radius 3 is 2.13 bits per heavy atom. The lowest BCUT2D eigenvalue weighted by molar-refractivity contribution is -0.673. The molecule has 6 N–H and O–H groups in total. The fraction of sp³-hybridized carbons (Fsp3) is 0.746. The van der Waals surface area contributed by atoms with Crippen molar-refractivity contribution in [3.63, 3.8) is 0 Å². The van der Waals surface area contributed by atoms with Gasteiger partial charge in [-0.05, 0) is 149 Å². The van der Waals surface area contributed by atoms with Crippen LogP contribution in [0.4, 0.5) is 0 Å². The predicted octanol–water partition coefficient (Wildman–Crippen LogP) is 5.57. The third-order valence-corrected chi connectivity index (χ3v) is 19.0. The van der Waals surface area contributed by atoms with E-state index in [1.165, 1.54) is 53.9 Å². The number of allylic oxidation sites excluding steroid dienone is 1. The van der Waals surface area contributed by atoms with E-state index >= 15 is 0 Å². The molecule has 5 fully saturated rings. The van der Waals surface area contributed by atoms with Crippen molar-refractivity contribution >= 4 is 47.3 Å². The lowest BCUT2D eigenvalue weighted by Gasteiger charge is -2.58. The second-order valence-corrected chi connectivity index (χ2v) is 25.0. The second-order valence-electron chi connectivity index (χ2n) is 25.0. The van der Waals surface area contributed by atoms with Gasteiger partial charge >= 0.3 is 11.9 Å². The number of nitrogens with one attached hydrogen (secondary N) is 4. The number of amides is 7. The molecule has 0 spiro atoms. The minimum atomic E-state index is -1.29. The Hall–Kier alpha value is -5.35. The third kappa shape index (κ3) is 13.1. The molecule has 420 valence electrons. The highest BCUT2D eigenvalue weighted by Gasteiger charge is 2.59. The van der Waals surface area contributed by atoms with E-state index in [4.69, 9.17) is 10.5 Å². The number of fused-ring (bicyclic) bond motifs is 5. The van der Waals surface area contributed by atoms with Crippen molar-refractivity contribution in [3.8, 4) is 0 Å². The van der Waals surface area contributed by atoms with Crippen LogP contribution in [0.25, 0.3) is 0 Å². The molecule has 1 aromatic heterocycles. The van der Waals surface area contributed by atoms with Crippen molar-refractivity contribution in [2.75, 3.05) is 19.6 Å². The number of esters is 1. The quantitative estimate of drug-likeness (QED) is 0.0588. The number of aryl methyl sites for hydroxylation is 1. The third-order valence-electron chi connectivity index (χ3n) is 19.0. The molecule has 3 heterocycles. The molecule has 0 bridgehead atoms. The fourth-order valence-corrected chi connectivity index (χ4v) is 14.9. The number of hydrogen-bond donors (Lipinski definition) is 5. The highest BCUT2D eigenvalue weighted by molar-refractivity contribution is 5.98. The van der Waals surface area contributed by atoms with Gasteiger partial charge in [0, 0.05) is 38.1 Å². The van der Waals surface area contributed by atoms with Crippen molar-refractivity contribution in [2.24, 2.45) is 65.0 Å². The predicted molar refractivity (Wildman–Crippen MR) is 287 cm³/mol. The van der Waals surface area contributed by atoms with Gasteiger partial charge < -0.3 is 41.5 Å².